The van der Waals surface area contributed by atoms with Crippen molar-refractivity contribution >= 4 is 11.8 Å². The average molecular weight is 479 g/mol. The summed E-state index contributed by atoms with van der Waals surface area (Å²) in [4.78, 5) is 29.3. The largest absolute Gasteiger partial charge is 0.416 e. The van der Waals surface area contributed by atoms with Gasteiger partial charge in [-0.15, -0.1) is 0 Å². The lowest BCUT2D eigenvalue weighted by atomic mass is 9.95. The second-order valence-electron chi connectivity index (χ2n) is 8.80. The van der Waals surface area contributed by atoms with E-state index in [4.69, 9.17) is 0 Å². The van der Waals surface area contributed by atoms with E-state index in [1.54, 1.807) is 9.58 Å². The summed E-state index contributed by atoms with van der Waals surface area (Å²) in [7, 11) is 0. The van der Waals surface area contributed by atoms with Gasteiger partial charge in [-0.1, -0.05) is 0 Å². The van der Waals surface area contributed by atoms with Crippen molar-refractivity contribution in [1.82, 2.24) is 19.6 Å². The molecule has 1 atom stereocenters. The summed E-state index contributed by atoms with van der Waals surface area (Å²) in [5.74, 6) is -0.0198. The Balaban J connectivity index is 1.66. The number of halogens is 3. The number of carbonyl (C=O) groups excluding carboxylic acids is 2. The fourth-order valence-electron chi connectivity index (χ4n) is 4.67. The van der Waals surface area contributed by atoms with E-state index in [2.05, 4.69) is 5.10 Å². The first-order valence-corrected chi connectivity index (χ1v) is 11.9. The summed E-state index contributed by atoms with van der Waals surface area (Å²) in [6, 6.07) is 4.89. The molecular weight excluding hydrogens is 445 g/mol. The Morgan fingerprint density at radius 1 is 1.12 bits per heavy atom. The van der Waals surface area contributed by atoms with Crippen molar-refractivity contribution in [3.8, 4) is 5.69 Å². The number of carbonyl (C=O) groups is 2. The Kier molecular flexibility index (Phi) is 8.05. The number of likely N-dealkylation sites (tertiary alicyclic amines) is 1. The fourth-order valence-corrected chi connectivity index (χ4v) is 4.67. The van der Waals surface area contributed by atoms with Crippen LogP contribution in [0.2, 0.25) is 0 Å². The van der Waals surface area contributed by atoms with Crippen LogP contribution in [-0.2, 0) is 22.2 Å². The van der Waals surface area contributed by atoms with Crippen LogP contribution in [0, 0.1) is 19.8 Å². The molecule has 0 aliphatic carbocycles. The van der Waals surface area contributed by atoms with Crippen LogP contribution in [0.5, 0.6) is 0 Å². The molecule has 1 fully saturated rings. The molecule has 34 heavy (non-hydrogen) atoms. The van der Waals surface area contributed by atoms with Crippen LogP contribution in [0.15, 0.2) is 24.3 Å². The van der Waals surface area contributed by atoms with E-state index in [0.29, 0.717) is 44.7 Å². The predicted molar refractivity (Wildman–Crippen MR) is 124 cm³/mol. The van der Waals surface area contributed by atoms with Gasteiger partial charge in [0.05, 0.1) is 22.9 Å². The maximum absolute atomic E-state index is 12.9. The van der Waals surface area contributed by atoms with Gasteiger partial charge in [0.1, 0.15) is 0 Å². The van der Waals surface area contributed by atoms with Crippen LogP contribution in [0.25, 0.3) is 5.69 Å². The Morgan fingerprint density at radius 3 is 2.35 bits per heavy atom. The van der Waals surface area contributed by atoms with E-state index in [1.165, 1.54) is 12.1 Å². The lowest BCUT2D eigenvalue weighted by Gasteiger charge is -2.34. The highest BCUT2D eigenvalue weighted by Crippen LogP contribution is 2.30. The van der Waals surface area contributed by atoms with Gasteiger partial charge in [0, 0.05) is 38.3 Å². The second-order valence-corrected chi connectivity index (χ2v) is 8.80. The number of alkyl halides is 3. The predicted octanol–water partition coefficient (Wildman–Crippen LogP) is 4.55. The molecule has 1 unspecified atom stereocenters. The number of aryl methyl sites for hydroxylation is 1. The zero-order valence-corrected chi connectivity index (χ0v) is 20.3. The molecule has 2 aromatic rings. The first-order chi connectivity index (χ1) is 16.1. The molecule has 6 nitrogen and oxygen atoms in total. The Hall–Kier alpha value is -2.84. The number of rotatable bonds is 7. The van der Waals surface area contributed by atoms with E-state index in [9.17, 15) is 22.8 Å². The second kappa shape index (κ2) is 10.6. The molecule has 3 rings (SSSR count). The number of amides is 2. The third kappa shape index (κ3) is 5.62. The highest BCUT2D eigenvalue weighted by atomic mass is 19.4. The highest BCUT2D eigenvalue weighted by Gasteiger charge is 2.31. The number of hydrogen-bond donors (Lipinski definition) is 0. The lowest BCUT2D eigenvalue weighted by molar-refractivity contribution is -0.141. The zero-order chi connectivity index (χ0) is 25.0. The molecule has 0 radical (unpaired) electrons. The molecule has 1 aliphatic rings. The molecular formula is C25H33F3N4O2. The maximum Gasteiger partial charge on any atom is 0.416 e. The number of nitrogens with zero attached hydrogens (tertiary/aromatic N) is 4. The van der Waals surface area contributed by atoms with E-state index >= 15 is 0 Å². The van der Waals surface area contributed by atoms with Crippen molar-refractivity contribution in [2.75, 3.05) is 26.2 Å². The molecule has 1 aromatic heterocycles. The number of piperidine rings is 1. The van der Waals surface area contributed by atoms with Crippen LogP contribution in [0.4, 0.5) is 13.2 Å². The molecule has 2 heterocycles. The summed E-state index contributed by atoms with van der Waals surface area (Å²) in [6.07, 6.45) is -1.98. The molecule has 1 saturated heterocycles. The van der Waals surface area contributed by atoms with Crippen molar-refractivity contribution in [2.24, 2.45) is 5.92 Å². The molecule has 0 saturated carbocycles. The Bertz CT molecular complexity index is 1010. The quantitative estimate of drug-likeness (QED) is 0.587. The summed E-state index contributed by atoms with van der Waals surface area (Å²) in [5, 5.41) is 4.50. The average Bonchev–Trinajstić information content (AvgIpc) is 3.10. The first-order valence-electron chi connectivity index (χ1n) is 11.9. The van der Waals surface area contributed by atoms with Gasteiger partial charge in [0.25, 0.3) is 0 Å². The lowest BCUT2D eigenvalue weighted by Crippen LogP contribution is -2.46. The topological polar surface area (TPSA) is 58.4 Å². The highest BCUT2D eigenvalue weighted by molar-refractivity contribution is 5.81. The third-order valence-electron chi connectivity index (χ3n) is 6.67. The summed E-state index contributed by atoms with van der Waals surface area (Å²) in [6.45, 7) is 10.1. The van der Waals surface area contributed by atoms with Crippen molar-refractivity contribution < 1.29 is 22.8 Å². The van der Waals surface area contributed by atoms with Crippen molar-refractivity contribution in [1.29, 1.82) is 0 Å². The van der Waals surface area contributed by atoms with Crippen LogP contribution >= 0.6 is 0 Å². The van der Waals surface area contributed by atoms with Gasteiger partial charge in [-0.25, -0.2) is 4.68 Å². The minimum atomic E-state index is -4.39. The van der Waals surface area contributed by atoms with Gasteiger partial charge in [-0.3, -0.25) is 9.59 Å². The van der Waals surface area contributed by atoms with Crippen LogP contribution < -0.4 is 0 Å². The normalized spacial score (nSPS) is 16.6. The SMILES string of the molecule is CCN(CC)C(=O)C1CCCN(C(=O)CCc2c(C)nn(-c3ccc(C(F)(F)F)cc3)c2C)C1. The van der Waals surface area contributed by atoms with Gasteiger partial charge < -0.3 is 9.80 Å². The van der Waals surface area contributed by atoms with E-state index in [1.807, 2.05) is 32.6 Å². The summed E-state index contributed by atoms with van der Waals surface area (Å²) < 4.78 is 40.2. The molecule has 9 heteroatoms. The van der Waals surface area contributed by atoms with Crippen LogP contribution in [0.1, 0.15) is 55.6 Å². The molecule has 0 bridgehead atoms. The standard InChI is InChI=1S/C25H33F3N4O2/c1-5-30(6-2)24(34)19-8-7-15-31(16-19)23(33)14-13-22-17(3)29-32(18(22)4)21-11-9-20(10-12-21)25(26,27)28/h9-12,19H,5-8,13-16H2,1-4H3. The number of aromatic nitrogens is 2. The zero-order valence-electron chi connectivity index (χ0n) is 20.3. The van der Waals surface area contributed by atoms with Gasteiger partial charge in [-0.2, -0.15) is 18.3 Å². The monoisotopic (exact) mass is 478 g/mol. The Morgan fingerprint density at radius 2 is 1.76 bits per heavy atom. The molecule has 186 valence electrons. The van der Waals surface area contributed by atoms with E-state index in [-0.39, 0.29) is 17.7 Å². The summed E-state index contributed by atoms with van der Waals surface area (Å²) in [5.41, 5.74) is 2.31. The fraction of sp³-hybridized carbons (Fsp3) is 0.560. The molecule has 2 amide bonds. The molecule has 1 aliphatic heterocycles. The van der Waals surface area contributed by atoms with Crippen LogP contribution in [-0.4, -0.2) is 57.6 Å². The van der Waals surface area contributed by atoms with Gasteiger partial charge in [0.2, 0.25) is 11.8 Å². The van der Waals surface area contributed by atoms with E-state index < -0.39 is 11.7 Å². The first kappa shape index (κ1) is 25.8. The van der Waals surface area contributed by atoms with Crippen molar-refractivity contribution in [3.05, 3.63) is 46.8 Å². The smallest absolute Gasteiger partial charge is 0.343 e. The van der Waals surface area contributed by atoms with Crippen molar-refractivity contribution in [3.63, 3.8) is 0 Å². The number of hydrogen-bond acceptors (Lipinski definition) is 3. The van der Waals surface area contributed by atoms with E-state index in [0.717, 1.165) is 41.9 Å². The molecule has 0 spiro atoms. The van der Waals surface area contributed by atoms with Crippen molar-refractivity contribution in [2.45, 2.75) is 59.6 Å². The number of benzene rings is 1. The molecule has 1 aromatic carbocycles. The summed E-state index contributed by atoms with van der Waals surface area (Å²) >= 11 is 0. The molecule has 0 N–H and O–H groups in total. The minimum absolute atomic E-state index is 0.0122. The van der Waals surface area contributed by atoms with Gasteiger partial charge >= 0.3 is 6.18 Å². The maximum atomic E-state index is 12.9. The van der Waals surface area contributed by atoms with Gasteiger partial charge in [-0.05, 0) is 76.8 Å². The Labute approximate surface area is 198 Å². The van der Waals surface area contributed by atoms with Crippen LogP contribution in [0.3, 0.4) is 0 Å². The minimum Gasteiger partial charge on any atom is -0.343 e. The third-order valence-corrected chi connectivity index (χ3v) is 6.67. The van der Waals surface area contributed by atoms with Gasteiger partial charge in [0.15, 0.2) is 0 Å².